The van der Waals surface area contributed by atoms with Gasteiger partial charge in [0.1, 0.15) is 0 Å². The van der Waals surface area contributed by atoms with Crippen molar-refractivity contribution in [2.45, 2.75) is 45.6 Å². The molecule has 0 saturated carbocycles. The van der Waals surface area contributed by atoms with Gasteiger partial charge in [-0.3, -0.25) is 0 Å². The third kappa shape index (κ3) is 5.66. The molecule has 94 valence electrons. The van der Waals surface area contributed by atoms with Gasteiger partial charge >= 0.3 is 0 Å². The standard InChI is InChI=1S/C14H28N2/c1-5-6-9-16-10-7-13(8-11-16)12-15-14(2,3)4/h5,13,15H,1,6-12H2,2-4H3. The van der Waals surface area contributed by atoms with E-state index in [1.165, 1.54) is 39.0 Å². The molecule has 2 heteroatoms. The molecule has 0 spiro atoms. The lowest BCUT2D eigenvalue weighted by molar-refractivity contribution is 0.179. The summed E-state index contributed by atoms with van der Waals surface area (Å²) < 4.78 is 0. The van der Waals surface area contributed by atoms with Gasteiger partial charge < -0.3 is 10.2 Å². The fourth-order valence-corrected chi connectivity index (χ4v) is 2.14. The number of rotatable bonds is 5. The van der Waals surface area contributed by atoms with Crippen molar-refractivity contribution >= 4 is 0 Å². The van der Waals surface area contributed by atoms with Crippen LogP contribution in [-0.2, 0) is 0 Å². The summed E-state index contributed by atoms with van der Waals surface area (Å²) in [5.41, 5.74) is 0.264. The monoisotopic (exact) mass is 224 g/mol. The van der Waals surface area contributed by atoms with Crippen LogP contribution in [0.3, 0.4) is 0 Å². The van der Waals surface area contributed by atoms with Crippen LogP contribution in [0.25, 0.3) is 0 Å². The van der Waals surface area contributed by atoms with Gasteiger partial charge in [-0.15, -0.1) is 6.58 Å². The topological polar surface area (TPSA) is 15.3 Å². The Bertz CT molecular complexity index is 197. The lowest BCUT2D eigenvalue weighted by Gasteiger charge is -2.33. The summed E-state index contributed by atoms with van der Waals surface area (Å²) in [6.07, 6.45) is 5.85. The van der Waals surface area contributed by atoms with Gasteiger partial charge in [0.15, 0.2) is 0 Å². The number of hydrogen-bond donors (Lipinski definition) is 1. The van der Waals surface area contributed by atoms with E-state index < -0.39 is 0 Å². The Hall–Kier alpha value is -0.340. The molecule has 1 aliphatic heterocycles. The Labute approximate surface area is 101 Å². The van der Waals surface area contributed by atoms with Gasteiger partial charge in [0, 0.05) is 12.1 Å². The Morgan fingerprint density at radius 1 is 1.31 bits per heavy atom. The fourth-order valence-electron chi connectivity index (χ4n) is 2.14. The van der Waals surface area contributed by atoms with Crippen LogP contribution in [0, 0.1) is 5.92 Å². The van der Waals surface area contributed by atoms with Gasteiger partial charge in [-0.25, -0.2) is 0 Å². The summed E-state index contributed by atoms with van der Waals surface area (Å²) in [5, 5.41) is 3.61. The van der Waals surface area contributed by atoms with Crippen LogP contribution in [0.2, 0.25) is 0 Å². The van der Waals surface area contributed by atoms with Gasteiger partial charge in [0.2, 0.25) is 0 Å². The van der Waals surface area contributed by atoms with Gasteiger partial charge in [-0.2, -0.15) is 0 Å². The summed E-state index contributed by atoms with van der Waals surface area (Å²) in [4.78, 5) is 2.56. The predicted molar refractivity (Wildman–Crippen MR) is 71.7 cm³/mol. The van der Waals surface area contributed by atoms with Crippen LogP contribution < -0.4 is 5.32 Å². The van der Waals surface area contributed by atoms with Crippen LogP contribution >= 0.6 is 0 Å². The number of likely N-dealkylation sites (tertiary alicyclic amines) is 1. The first-order valence-electron chi connectivity index (χ1n) is 6.59. The molecule has 0 aromatic heterocycles. The molecular weight excluding hydrogens is 196 g/mol. The van der Waals surface area contributed by atoms with Crippen LogP contribution in [0.15, 0.2) is 12.7 Å². The molecule has 0 atom stereocenters. The molecule has 0 aliphatic carbocycles. The molecule has 2 nitrogen and oxygen atoms in total. The minimum atomic E-state index is 0.264. The van der Waals surface area contributed by atoms with Crippen molar-refractivity contribution in [3.05, 3.63) is 12.7 Å². The summed E-state index contributed by atoms with van der Waals surface area (Å²) in [5.74, 6) is 0.874. The zero-order chi connectivity index (χ0) is 12.0. The molecule has 1 heterocycles. The second kappa shape index (κ2) is 6.41. The molecule has 1 fully saturated rings. The van der Waals surface area contributed by atoms with Crippen LogP contribution in [-0.4, -0.2) is 36.6 Å². The number of nitrogens with one attached hydrogen (secondary N) is 1. The highest BCUT2D eigenvalue weighted by atomic mass is 15.1. The molecule has 1 rings (SSSR count). The number of hydrogen-bond acceptors (Lipinski definition) is 2. The fraction of sp³-hybridized carbons (Fsp3) is 0.857. The normalized spacial score (nSPS) is 19.9. The lowest BCUT2D eigenvalue weighted by atomic mass is 9.95. The second-order valence-corrected chi connectivity index (χ2v) is 5.99. The van der Waals surface area contributed by atoms with Crippen molar-refractivity contribution in [3.8, 4) is 0 Å². The molecule has 1 N–H and O–H groups in total. The predicted octanol–water partition coefficient (Wildman–Crippen LogP) is 2.66. The number of piperidine rings is 1. The minimum absolute atomic E-state index is 0.264. The summed E-state index contributed by atoms with van der Waals surface area (Å²) in [7, 11) is 0. The summed E-state index contributed by atoms with van der Waals surface area (Å²) in [6, 6.07) is 0. The van der Waals surface area contributed by atoms with E-state index in [1.54, 1.807) is 0 Å². The quantitative estimate of drug-likeness (QED) is 0.722. The van der Waals surface area contributed by atoms with Gasteiger partial charge in [-0.05, 0) is 65.6 Å². The minimum Gasteiger partial charge on any atom is -0.312 e. The number of nitrogens with zero attached hydrogens (tertiary/aromatic N) is 1. The zero-order valence-corrected chi connectivity index (χ0v) is 11.3. The molecular formula is C14H28N2. The molecule has 0 radical (unpaired) electrons. The molecule has 0 amide bonds. The molecule has 1 saturated heterocycles. The van der Waals surface area contributed by atoms with Crippen molar-refractivity contribution in [1.29, 1.82) is 0 Å². The largest absolute Gasteiger partial charge is 0.312 e. The Kier molecular flexibility index (Phi) is 5.50. The lowest BCUT2D eigenvalue weighted by Crippen LogP contribution is -2.43. The maximum Gasteiger partial charge on any atom is 0.00966 e. The Morgan fingerprint density at radius 3 is 2.44 bits per heavy atom. The van der Waals surface area contributed by atoms with Crippen molar-refractivity contribution in [1.82, 2.24) is 10.2 Å². The first-order chi connectivity index (χ1) is 7.51. The van der Waals surface area contributed by atoms with E-state index in [0.717, 1.165) is 12.3 Å². The maximum absolute atomic E-state index is 3.78. The van der Waals surface area contributed by atoms with Crippen molar-refractivity contribution in [2.75, 3.05) is 26.2 Å². The van der Waals surface area contributed by atoms with E-state index in [9.17, 15) is 0 Å². The summed E-state index contributed by atoms with van der Waals surface area (Å²) >= 11 is 0. The second-order valence-electron chi connectivity index (χ2n) is 5.99. The SMILES string of the molecule is C=CCCN1CCC(CNC(C)(C)C)CC1. The maximum atomic E-state index is 3.78. The van der Waals surface area contributed by atoms with E-state index in [4.69, 9.17) is 0 Å². The van der Waals surface area contributed by atoms with E-state index in [0.29, 0.717) is 0 Å². The molecule has 1 aliphatic rings. The molecule has 0 bridgehead atoms. The van der Waals surface area contributed by atoms with Crippen LogP contribution in [0.5, 0.6) is 0 Å². The summed E-state index contributed by atoms with van der Waals surface area (Å²) in [6.45, 7) is 15.4. The van der Waals surface area contributed by atoms with E-state index in [1.807, 2.05) is 6.08 Å². The van der Waals surface area contributed by atoms with E-state index >= 15 is 0 Å². The average Bonchev–Trinajstić information content (AvgIpc) is 2.24. The molecule has 0 unspecified atom stereocenters. The Morgan fingerprint density at radius 2 is 1.94 bits per heavy atom. The Balaban J connectivity index is 2.14. The highest BCUT2D eigenvalue weighted by molar-refractivity contribution is 4.79. The van der Waals surface area contributed by atoms with E-state index in [2.05, 4.69) is 37.6 Å². The average molecular weight is 224 g/mol. The zero-order valence-electron chi connectivity index (χ0n) is 11.3. The molecule has 0 aromatic rings. The van der Waals surface area contributed by atoms with Crippen molar-refractivity contribution in [3.63, 3.8) is 0 Å². The smallest absolute Gasteiger partial charge is 0.00966 e. The van der Waals surface area contributed by atoms with Crippen molar-refractivity contribution < 1.29 is 0 Å². The van der Waals surface area contributed by atoms with Gasteiger partial charge in [0.25, 0.3) is 0 Å². The first-order valence-corrected chi connectivity index (χ1v) is 6.59. The van der Waals surface area contributed by atoms with Crippen molar-refractivity contribution in [2.24, 2.45) is 5.92 Å². The highest BCUT2D eigenvalue weighted by Crippen LogP contribution is 2.17. The third-order valence-electron chi connectivity index (χ3n) is 3.28. The highest BCUT2D eigenvalue weighted by Gasteiger charge is 2.20. The first kappa shape index (κ1) is 13.7. The molecule has 16 heavy (non-hydrogen) atoms. The van der Waals surface area contributed by atoms with Crippen LogP contribution in [0.4, 0.5) is 0 Å². The van der Waals surface area contributed by atoms with Gasteiger partial charge in [-0.1, -0.05) is 6.08 Å². The van der Waals surface area contributed by atoms with Gasteiger partial charge in [0.05, 0.1) is 0 Å². The van der Waals surface area contributed by atoms with Crippen LogP contribution in [0.1, 0.15) is 40.0 Å². The van der Waals surface area contributed by atoms with E-state index in [-0.39, 0.29) is 5.54 Å². The molecule has 0 aromatic carbocycles. The third-order valence-corrected chi connectivity index (χ3v) is 3.28.